The van der Waals surface area contributed by atoms with Gasteiger partial charge in [-0.3, -0.25) is 5.41 Å². The van der Waals surface area contributed by atoms with Crippen LogP contribution in [0, 0.1) is 5.41 Å². The van der Waals surface area contributed by atoms with Gasteiger partial charge in [0.15, 0.2) is 0 Å². The van der Waals surface area contributed by atoms with E-state index in [2.05, 4.69) is 4.90 Å². The van der Waals surface area contributed by atoms with Crippen LogP contribution in [0.5, 0.6) is 0 Å². The Labute approximate surface area is 55.4 Å². The third kappa shape index (κ3) is 0.655. The monoisotopic (exact) mass is 124 g/mol. The highest BCUT2D eigenvalue weighted by Crippen LogP contribution is 2.28. The Balaban J connectivity index is 2.15. The van der Waals surface area contributed by atoms with Gasteiger partial charge in [-0.05, 0) is 19.3 Å². The molecule has 50 valence electrons. The van der Waals surface area contributed by atoms with Gasteiger partial charge in [0.2, 0.25) is 0 Å². The van der Waals surface area contributed by atoms with E-state index in [4.69, 9.17) is 5.41 Å². The molecular weight excluding hydrogens is 112 g/mol. The molecule has 0 radical (unpaired) electrons. The molecule has 1 N–H and O–H groups in total. The topological polar surface area (TPSA) is 27.1 Å². The molecule has 0 aromatic heterocycles. The molecule has 0 spiro atoms. The maximum atomic E-state index is 7.50. The number of hydrogen-bond donors (Lipinski definition) is 1. The standard InChI is InChI=1S/C7H12N2/c8-7-4-3-6-2-1-5-9(6)7/h6,8H,1-5H2/t6-/m0/s1. The summed E-state index contributed by atoms with van der Waals surface area (Å²) < 4.78 is 0. The minimum Gasteiger partial charge on any atom is -0.358 e. The Morgan fingerprint density at radius 1 is 1.44 bits per heavy atom. The molecule has 2 rings (SSSR count). The van der Waals surface area contributed by atoms with Gasteiger partial charge in [0.1, 0.15) is 0 Å². The molecule has 0 unspecified atom stereocenters. The van der Waals surface area contributed by atoms with Crippen LogP contribution in [0.15, 0.2) is 0 Å². The molecule has 2 fully saturated rings. The van der Waals surface area contributed by atoms with Gasteiger partial charge in [0.05, 0.1) is 5.84 Å². The third-order valence-electron chi connectivity index (χ3n) is 2.44. The number of amidine groups is 1. The maximum Gasteiger partial charge on any atom is 0.0960 e. The van der Waals surface area contributed by atoms with Gasteiger partial charge < -0.3 is 4.90 Å². The van der Waals surface area contributed by atoms with Crippen LogP contribution < -0.4 is 0 Å². The van der Waals surface area contributed by atoms with Gasteiger partial charge in [0.25, 0.3) is 0 Å². The zero-order valence-electron chi connectivity index (χ0n) is 5.56. The van der Waals surface area contributed by atoms with E-state index in [0.29, 0.717) is 0 Å². The summed E-state index contributed by atoms with van der Waals surface area (Å²) in [6.07, 6.45) is 4.93. The second-order valence-electron chi connectivity index (χ2n) is 2.97. The van der Waals surface area contributed by atoms with Crippen molar-refractivity contribution in [2.24, 2.45) is 0 Å². The van der Waals surface area contributed by atoms with Crippen molar-refractivity contribution < 1.29 is 0 Å². The van der Waals surface area contributed by atoms with Crippen LogP contribution in [0.1, 0.15) is 25.7 Å². The highest BCUT2D eigenvalue weighted by Gasteiger charge is 2.31. The summed E-state index contributed by atoms with van der Waals surface area (Å²) in [6, 6.07) is 0.762. The summed E-state index contributed by atoms with van der Waals surface area (Å²) in [5.74, 6) is 0.887. The first-order valence-electron chi connectivity index (χ1n) is 3.72. The van der Waals surface area contributed by atoms with E-state index in [-0.39, 0.29) is 0 Å². The SMILES string of the molecule is N=C1CC[C@@H]2CCCN12. The van der Waals surface area contributed by atoms with Crippen LogP contribution in [0.3, 0.4) is 0 Å². The van der Waals surface area contributed by atoms with Crippen molar-refractivity contribution >= 4 is 5.84 Å². The number of hydrogen-bond acceptors (Lipinski definition) is 1. The van der Waals surface area contributed by atoms with E-state index >= 15 is 0 Å². The molecule has 2 saturated heterocycles. The minimum absolute atomic E-state index is 0.762. The predicted molar refractivity (Wildman–Crippen MR) is 36.7 cm³/mol. The van der Waals surface area contributed by atoms with Gasteiger partial charge in [-0.15, -0.1) is 0 Å². The third-order valence-corrected chi connectivity index (χ3v) is 2.44. The van der Waals surface area contributed by atoms with Crippen molar-refractivity contribution in [1.29, 1.82) is 5.41 Å². The fraction of sp³-hybridized carbons (Fsp3) is 0.857. The van der Waals surface area contributed by atoms with E-state index in [9.17, 15) is 0 Å². The fourth-order valence-electron chi connectivity index (χ4n) is 1.94. The highest BCUT2D eigenvalue weighted by molar-refractivity contribution is 5.81. The van der Waals surface area contributed by atoms with E-state index < -0.39 is 0 Å². The normalized spacial score (nSPS) is 33.6. The summed E-state index contributed by atoms with van der Waals surface area (Å²) >= 11 is 0. The van der Waals surface area contributed by atoms with E-state index in [1.807, 2.05) is 0 Å². The lowest BCUT2D eigenvalue weighted by atomic mass is 10.2. The van der Waals surface area contributed by atoms with Crippen molar-refractivity contribution in [2.75, 3.05) is 6.54 Å². The van der Waals surface area contributed by atoms with Crippen molar-refractivity contribution in [3.63, 3.8) is 0 Å². The molecule has 0 amide bonds. The van der Waals surface area contributed by atoms with E-state index in [1.54, 1.807) is 0 Å². The Morgan fingerprint density at radius 2 is 2.33 bits per heavy atom. The summed E-state index contributed by atoms with van der Waals surface area (Å²) in [6.45, 7) is 1.16. The smallest absolute Gasteiger partial charge is 0.0960 e. The lowest BCUT2D eigenvalue weighted by Gasteiger charge is -2.15. The molecule has 0 bridgehead atoms. The van der Waals surface area contributed by atoms with E-state index in [1.165, 1.54) is 19.3 Å². The summed E-state index contributed by atoms with van der Waals surface area (Å²) in [5.41, 5.74) is 0. The summed E-state index contributed by atoms with van der Waals surface area (Å²) in [7, 11) is 0. The van der Waals surface area contributed by atoms with E-state index in [0.717, 1.165) is 24.8 Å². The Morgan fingerprint density at radius 3 is 3.11 bits per heavy atom. The maximum absolute atomic E-state index is 7.50. The Bertz CT molecular complexity index is 142. The van der Waals surface area contributed by atoms with Crippen LogP contribution in [0.2, 0.25) is 0 Å². The first-order valence-corrected chi connectivity index (χ1v) is 3.72. The lowest BCUT2D eigenvalue weighted by molar-refractivity contribution is 0.420. The zero-order chi connectivity index (χ0) is 6.27. The molecule has 0 aromatic rings. The molecule has 0 saturated carbocycles. The number of nitrogens with one attached hydrogen (secondary N) is 1. The molecule has 9 heavy (non-hydrogen) atoms. The molecule has 2 heteroatoms. The molecule has 0 aromatic carbocycles. The van der Waals surface area contributed by atoms with Crippen molar-refractivity contribution in [3.05, 3.63) is 0 Å². The van der Waals surface area contributed by atoms with Gasteiger partial charge in [0, 0.05) is 19.0 Å². The Hall–Kier alpha value is -0.530. The molecular formula is C7H12N2. The Kier molecular flexibility index (Phi) is 1.01. The second kappa shape index (κ2) is 1.72. The number of fused-ring (bicyclic) bond motifs is 1. The first-order chi connectivity index (χ1) is 4.38. The van der Waals surface area contributed by atoms with Crippen LogP contribution >= 0.6 is 0 Å². The molecule has 2 aliphatic rings. The van der Waals surface area contributed by atoms with Gasteiger partial charge >= 0.3 is 0 Å². The number of nitrogens with zero attached hydrogens (tertiary/aromatic N) is 1. The van der Waals surface area contributed by atoms with Gasteiger partial charge in [-0.25, -0.2) is 0 Å². The highest BCUT2D eigenvalue weighted by atomic mass is 15.2. The lowest BCUT2D eigenvalue weighted by Crippen LogP contribution is -2.25. The average Bonchev–Trinajstić information content (AvgIpc) is 2.35. The zero-order valence-corrected chi connectivity index (χ0v) is 5.56. The summed E-state index contributed by atoms with van der Waals surface area (Å²) in [4.78, 5) is 2.26. The van der Waals surface area contributed by atoms with Gasteiger partial charge in [-0.2, -0.15) is 0 Å². The molecule has 1 atom stereocenters. The van der Waals surface area contributed by atoms with Crippen LogP contribution in [-0.2, 0) is 0 Å². The molecule has 2 heterocycles. The largest absolute Gasteiger partial charge is 0.358 e. The summed E-state index contributed by atoms with van der Waals surface area (Å²) in [5, 5.41) is 7.50. The predicted octanol–water partition coefficient (Wildman–Crippen LogP) is 1.22. The molecule has 2 aliphatic heterocycles. The van der Waals surface area contributed by atoms with Crippen molar-refractivity contribution in [3.8, 4) is 0 Å². The molecule has 2 nitrogen and oxygen atoms in total. The van der Waals surface area contributed by atoms with Crippen LogP contribution in [0.25, 0.3) is 0 Å². The fourth-order valence-corrected chi connectivity index (χ4v) is 1.94. The molecule has 0 aliphatic carbocycles. The first kappa shape index (κ1) is 5.27. The average molecular weight is 124 g/mol. The quantitative estimate of drug-likeness (QED) is 0.516. The van der Waals surface area contributed by atoms with Crippen molar-refractivity contribution in [2.45, 2.75) is 31.7 Å². The van der Waals surface area contributed by atoms with Crippen molar-refractivity contribution in [1.82, 2.24) is 4.90 Å². The van der Waals surface area contributed by atoms with Crippen LogP contribution in [-0.4, -0.2) is 23.3 Å². The van der Waals surface area contributed by atoms with Crippen LogP contribution in [0.4, 0.5) is 0 Å². The minimum atomic E-state index is 0.762. The number of rotatable bonds is 0. The van der Waals surface area contributed by atoms with Gasteiger partial charge in [-0.1, -0.05) is 0 Å². The second-order valence-corrected chi connectivity index (χ2v) is 2.97.